The van der Waals surface area contributed by atoms with Gasteiger partial charge in [-0.05, 0) is 54.3 Å². The Balaban J connectivity index is 1.37. The highest BCUT2D eigenvalue weighted by Crippen LogP contribution is 2.51. The smallest absolute Gasteiger partial charge is 0.379 e. The van der Waals surface area contributed by atoms with Gasteiger partial charge in [0.1, 0.15) is 17.9 Å². The van der Waals surface area contributed by atoms with Crippen LogP contribution in [-0.2, 0) is 35.8 Å². The van der Waals surface area contributed by atoms with Crippen molar-refractivity contribution in [2.24, 2.45) is 7.05 Å². The van der Waals surface area contributed by atoms with E-state index in [2.05, 4.69) is 10.2 Å². The van der Waals surface area contributed by atoms with Crippen LogP contribution in [0.3, 0.4) is 0 Å². The van der Waals surface area contributed by atoms with E-state index in [9.17, 15) is 22.4 Å². The van der Waals surface area contributed by atoms with Crippen molar-refractivity contribution in [1.29, 1.82) is 0 Å². The lowest BCUT2D eigenvalue weighted by Crippen LogP contribution is -2.58. The number of anilines is 1. The fourth-order valence-electron chi connectivity index (χ4n) is 6.03. The molecule has 1 aromatic heterocycles. The summed E-state index contributed by atoms with van der Waals surface area (Å²) in [6, 6.07) is 7.82. The highest BCUT2D eigenvalue weighted by atomic mass is 19.4. The molecule has 0 spiro atoms. The minimum atomic E-state index is -4.74. The maximum absolute atomic E-state index is 15.9. The van der Waals surface area contributed by atoms with Crippen molar-refractivity contribution >= 4 is 11.6 Å². The van der Waals surface area contributed by atoms with E-state index < -0.39 is 47.0 Å². The van der Waals surface area contributed by atoms with Crippen LogP contribution in [0, 0.1) is 0 Å². The van der Waals surface area contributed by atoms with Gasteiger partial charge < -0.3 is 14.2 Å². The average Bonchev–Trinajstić information content (AvgIpc) is 3.61. The largest absolute Gasteiger partial charge is 0.416 e. The second kappa shape index (κ2) is 9.55. The van der Waals surface area contributed by atoms with E-state index in [0.717, 1.165) is 10.6 Å². The Morgan fingerprint density at radius 1 is 1.12 bits per heavy atom. The van der Waals surface area contributed by atoms with Crippen molar-refractivity contribution in [2.75, 3.05) is 31.2 Å². The lowest BCUT2D eigenvalue weighted by Gasteiger charge is -2.46. The Morgan fingerprint density at radius 2 is 1.88 bits per heavy atom. The first-order chi connectivity index (χ1) is 19.3. The van der Waals surface area contributed by atoms with Gasteiger partial charge in [-0.1, -0.05) is 12.1 Å². The second-order valence-corrected chi connectivity index (χ2v) is 11.0. The molecule has 4 heterocycles. The Morgan fingerprint density at radius 3 is 2.46 bits per heavy atom. The molecule has 0 aliphatic carbocycles. The van der Waals surface area contributed by atoms with Crippen LogP contribution < -0.4 is 4.90 Å². The van der Waals surface area contributed by atoms with Gasteiger partial charge >= 0.3 is 12.1 Å². The molecular formula is C28H27F6N5O2. The van der Waals surface area contributed by atoms with Crippen molar-refractivity contribution in [1.82, 2.24) is 19.7 Å². The van der Waals surface area contributed by atoms with Crippen molar-refractivity contribution in [2.45, 2.75) is 49.6 Å². The molecule has 3 aromatic rings. The molecule has 6 rings (SSSR count). The van der Waals surface area contributed by atoms with Crippen LogP contribution in [0.1, 0.15) is 57.8 Å². The van der Waals surface area contributed by atoms with Gasteiger partial charge in [0.15, 0.2) is 0 Å². The number of aromatic nitrogens is 3. The molecule has 0 radical (unpaired) electrons. The van der Waals surface area contributed by atoms with E-state index in [1.165, 1.54) is 48.6 Å². The molecule has 0 saturated carbocycles. The predicted molar refractivity (Wildman–Crippen MR) is 135 cm³/mol. The van der Waals surface area contributed by atoms with Gasteiger partial charge in [-0.15, -0.1) is 10.2 Å². The third kappa shape index (κ3) is 4.32. The summed E-state index contributed by atoms with van der Waals surface area (Å²) in [5.74, 6) is -4.71. The van der Waals surface area contributed by atoms with Gasteiger partial charge in [0.25, 0.3) is 5.91 Å². The van der Waals surface area contributed by atoms with E-state index >= 15 is 8.78 Å². The van der Waals surface area contributed by atoms with Crippen molar-refractivity contribution in [3.63, 3.8) is 0 Å². The van der Waals surface area contributed by atoms with E-state index in [0.29, 0.717) is 13.0 Å². The number of benzene rings is 2. The number of hydrogen-bond acceptors (Lipinski definition) is 5. The quantitative estimate of drug-likeness (QED) is 0.378. The third-order valence-electron chi connectivity index (χ3n) is 8.56. The molecule has 2 fully saturated rings. The minimum absolute atomic E-state index is 0.103. The summed E-state index contributed by atoms with van der Waals surface area (Å²) in [5, 5.41) is 7.17. The monoisotopic (exact) mass is 579 g/mol. The zero-order valence-corrected chi connectivity index (χ0v) is 22.3. The van der Waals surface area contributed by atoms with Crippen molar-refractivity contribution in [3.8, 4) is 0 Å². The fraction of sp³-hybridized carbons (Fsp3) is 0.464. The first-order valence-electron chi connectivity index (χ1n) is 13.2. The van der Waals surface area contributed by atoms with Crippen LogP contribution in [0.5, 0.6) is 0 Å². The number of carbonyl (C=O) groups is 1. The van der Waals surface area contributed by atoms with E-state index in [4.69, 9.17) is 4.74 Å². The summed E-state index contributed by atoms with van der Waals surface area (Å²) >= 11 is 0. The summed E-state index contributed by atoms with van der Waals surface area (Å²) < 4.78 is 94.6. The maximum atomic E-state index is 15.9. The highest BCUT2D eigenvalue weighted by molar-refractivity contribution is 6.10. The fourth-order valence-corrected chi connectivity index (χ4v) is 6.03. The molecule has 1 unspecified atom stereocenters. The number of likely N-dealkylation sites (tertiary alicyclic amines) is 1. The number of carbonyl (C=O) groups excluding carboxylic acids is 1. The van der Waals surface area contributed by atoms with Gasteiger partial charge in [0.2, 0.25) is 5.82 Å². The maximum Gasteiger partial charge on any atom is 0.416 e. The molecule has 1 amide bonds. The number of rotatable bonds is 6. The molecular weight excluding hydrogens is 552 g/mol. The Hall–Kier alpha value is -3.45. The Labute approximate surface area is 231 Å². The van der Waals surface area contributed by atoms with E-state index in [1.54, 1.807) is 11.8 Å². The second-order valence-electron chi connectivity index (χ2n) is 11.0. The summed E-state index contributed by atoms with van der Waals surface area (Å²) in [5.41, 5.74) is -2.40. The number of amides is 1. The summed E-state index contributed by atoms with van der Waals surface area (Å²) in [6.45, 7) is 1.19. The number of aryl methyl sites for hydroxylation is 1. The lowest BCUT2D eigenvalue weighted by molar-refractivity contribution is -0.206. The highest BCUT2D eigenvalue weighted by Gasteiger charge is 2.63. The van der Waals surface area contributed by atoms with Gasteiger partial charge in [-0.2, -0.15) is 22.0 Å². The topological polar surface area (TPSA) is 63.5 Å². The normalized spacial score (nSPS) is 21.7. The van der Waals surface area contributed by atoms with E-state index in [-0.39, 0.29) is 54.2 Å². The zero-order chi connectivity index (χ0) is 29.3. The van der Waals surface area contributed by atoms with Crippen LogP contribution in [0.25, 0.3) is 0 Å². The van der Waals surface area contributed by atoms with Crippen LogP contribution in [0.4, 0.5) is 32.0 Å². The summed E-state index contributed by atoms with van der Waals surface area (Å²) in [7, 11) is 1.40. The number of halogens is 6. The summed E-state index contributed by atoms with van der Waals surface area (Å²) in [4.78, 5) is 16.5. The lowest BCUT2D eigenvalue weighted by atomic mass is 9.72. The van der Waals surface area contributed by atoms with Crippen molar-refractivity contribution < 1.29 is 35.9 Å². The van der Waals surface area contributed by atoms with Crippen molar-refractivity contribution in [3.05, 3.63) is 76.4 Å². The van der Waals surface area contributed by atoms with Crippen LogP contribution in [-0.4, -0.2) is 58.0 Å². The minimum Gasteiger partial charge on any atom is -0.379 e. The summed E-state index contributed by atoms with van der Waals surface area (Å²) in [6.07, 6.45) is -4.33. The number of hydrogen-bond donors (Lipinski definition) is 0. The molecule has 13 heteroatoms. The SMILES string of the molecule is CC(c1cc2c(c(C(F)(F)F)c1)CN(c1cccc(C3(C(F)(F)c4nncn4C)COC3)c1)C2=O)N1CC[C@H](F)C1. The first-order valence-corrected chi connectivity index (χ1v) is 13.2. The Kier molecular flexibility index (Phi) is 6.45. The number of alkyl halides is 6. The molecule has 3 aliphatic heterocycles. The zero-order valence-electron chi connectivity index (χ0n) is 22.3. The van der Waals surface area contributed by atoms with Crippen LogP contribution in [0.15, 0.2) is 42.7 Å². The predicted octanol–water partition coefficient (Wildman–Crippen LogP) is 5.16. The van der Waals surface area contributed by atoms with Gasteiger partial charge in [0, 0.05) is 37.4 Å². The van der Waals surface area contributed by atoms with Gasteiger partial charge in [-0.25, -0.2) is 4.39 Å². The molecule has 7 nitrogen and oxygen atoms in total. The first kappa shape index (κ1) is 27.7. The number of ether oxygens (including phenoxy) is 1. The third-order valence-corrected chi connectivity index (χ3v) is 8.56. The number of nitrogens with zero attached hydrogens (tertiary/aromatic N) is 5. The molecule has 2 atom stereocenters. The van der Waals surface area contributed by atoms with Crippen LogP contribution >= 0.6 is 0 Å². The molecule has 0 bridgehead atoms. The number of fused-ring (bicyclic) bond motifs is 1. The van der Waals surface area contributed by atoms with E-state index in [1.807, 2.05) is 0 Å². The molecule has 41 heavy (non-hydrogen) atoms. The molecule has 0 N–H and O–H groups in total. The Bertz CT molecular complexity index is 1500. The standard InChI is InChI=1S/C28H27F6N5O2/c1-16(38-7-6-19(29)11-38)17-8-21-22(23(9-17)28(32,33)34)12-39(24(21)40)20-5-3-4-18(10-20)26(13-41-14-26)27(30,31)25-36-35-15-37(25)2/h3-5,8-10,15-16,19H,6-7,11-14H2,1-2H3/t16?,19-/m0/s1. The van der Waals surface area contributed by atoms with Gasteiger partial charge in [0.05, 0.1) is 25.3 Å². The molecule has 218 valence electrons. The van der Waals surface area contributed by atoms with Gasteiger partial charge in [-0.3, -0.25) is 9.69 Å². The van der Waals surface area contributed by atoms with Crippen LogP contribution in [0.2, 0.25) is 0 Å². The average molecular weight is 580 g/mol. The molecule has 2 aromatic carbocycles. The molecule has 3 aliphatic rings. The molecule has 2 saturated heterocycles.